The summed E-state index contributed by atoms with van der Waals surface area (Å²) < 4.78 is 20.1. The van der Waals surface area contributed by atoms with E-state index in [1.807, 2.05) is 0 Å². The lowest BCUT2D eigenvalue weighted by atomic mass is 9.52. The molecule has 3 saturated carbocycles. The number of rotatable bonds is 16. The maximum absolute atomic E-state index is 6.87. The fourth-order valence-electron chi connectivity index (χ4n) is 9.13. The van der Waals surface area contributed by atoms with Crippen molar-refractivity contribution in [3.8, 4) is 0 Å². The molecule has 0 heterocycles. The van der Waals surface area contributed by atoms with Crippen LogP contribution in [0.25, 0.3) is 0 Å². The van der Waals surface area contributed by atoms with Gasteiger partial charge in [0.15, 0.2) is 0 Å². The molecule has 4 unspecified atom stereocenters. The molecule has 0 bridgehead atoms. The van der Waals surface area contributed by atoms with Gasteiger partial charge in [-0.3, -0.25) is 0 Å². The standard InChI is InChI=1S/C33H66N4O3/c1-24-21-27(38-18-6-15-35)11-4-10-26-23-31(40-20-8-17-37)33(3)28(25(2)9-5-14-34)12-13-29(33)32(26)30(22-24)39-19-7-16-36/h24-32H,4-23,34-37H2,1-3H3/t24?,25-,26+,27-,28?,29+,30-,31+,32?,33?/m1/s1. The van der Waals surface area contributed by atoms with Gasteiger partial charge in [-0.1, -0.05) is 27.2 Å². The van der Waals surface area contributed by atoms with Crippen LogP contribution >= 0.6 is 0 Å². The van der Waals surface area contributed by atoms with E-state index in [2.05, 4.69) is 20.8 Å². The first-order valence-corrected chi connectivity index (χ1v) is 17.1. The van der Waals surface area contributed by atoms with Gasteiger partial charge in [0.1, 0.15) is 0 Å². The number of hydrogen-bond donors (Lipinski definition) is 4. The van der Waals surface area contributed by atoms with Crippen LogP contribution in [0.5, 0.6) is 0 Å². The van der Waals surface area contributed by atoms with E-state index < -0.39 is 0 Å². The van der Waals surface area contributed by atoms with Crippen LogP contribution in [0.15, 0.2) is 0 Å². The third-order valence-electron chi connectivity index (χ3n) is 11.0. The van der Waals surface area contributed by atoms with Gasteiger partial charge in [-0.25, -0.2) is 0 Å². The Hall–Kier alpha value is -0.280. The summed E-state index contributed by atoms with van der Waals surface area (Å²) in [6.07, 6.45) is 15.6. The molecule has 3 aliphatic carbocycles. The largest absolute Gasteiger partial charge is 0.378 e. The highest BCUT2D eigenvalue weighted by atomic mass is 16.5. The number of hydrogen-bond acceptors (Lipinski definition) is 7. The first kappa shape index (κ1) is 34.2. The van der Waals surface area contributed by atoms with Crippen molar-refractivity contribution in [2.75, 3.05) is 46.0 Å². The van der Waals surface area contributed by atoms with Gasteiger partial charge in [0.05, 0.1) is 18.3 Å². The molecule has 0 spiro atoms. The molecule has 3 fully saturated rings. The van der Waals surface area contributed by atoms with Crippen LogP contribution in [0, 0.1) is 40.9 Å². The molecule has 10 atom stereocenters. The van der Waals surface area contributed by atoms with Crippen molar-refractivity contribution < 1.29 is 14.2 Å². The van der Waals surface area contributed by atoms with Gasteiger partial charge < -0.3 is 37.1 Å². The highest BCUT2D eigenvalue weighted by molar-refractivity contribution is 5.09. The van der Waals surface area contributed by atoms with Crippen LogP contribution in [0.1, 0.15) is 104 Å². The van der Waals surface area contributed by atoms with Crippen LogP contribution in [0.2, 0.25) is 0 Å². The highest BCUT2D eigenvalue weighted by Crippen LogP contribution is 2.63. The molecule has 0 radical (unpaired) electrons. The SMILES string of the molecule is CC1C[C@H](OCCCN)CCC[C@H]2C[C@H](OCCCN)C3(C)C([C@H](C)CCCN)CC[C@H]3C2[C@H](OCCCN)C1. The first-order valence-electron chi connectivity index (χ1n) is 17.1. The molecule has 0 aromatic carbocycles. The summed E-state index contributed by atoms with van der Waals surface area (Å²) in [5, 5.41) is 0. The summed E-state index contributed by atoms with van der Waals surface area (Å²) in [6, 6.07) is 0. The topological polar surface area (TPSA) is 132 Å². The lowest BCUT2D eigenvalue weighted by molar-refractivity contribution is -0.171. The number of fused-ring (bicyclic) bond motifs is 3. The van der Waals surface area contributed by atoms with E-state index in [0.717, 1.165) is 77.7 Å². The van der Waals surface area contributed by atoms with Gasteiger partial charge in [-0.2, -0.15) is 0 Å². The second kappa shape index (κ2) is 17.7. The van der Waals surface area contributed by atoms with Gasteiger partial charge in [0.25, 0.3) is 0 Å². The zero-order chi connectivity index (χ0) is 29.0. The molecule has 3 rings (SSSR count). The zero-order valence-corrected chi connectivity index (χ0v) is 26.4. The van der Waals surface area contributed by atoms with Crippen LogP contribution in [-0.2, 0) is 14.2 Å². The quantitative estimate of drug-likeness (QED) is 0.197. The Morgan fingerprint density at radius 3 is 2.08 bits per heavy atom. The van der Waals surface area contributed by atoms with E-state index in [0.29, 0.717) is 67.3 Å². The van der Waals surface area contributed by atoms with E-state index in [1.165, 1.54) is 32.1 Å². The Labute approximate surface area is 246 Å². The molecule has 0 aromatic heterocycles. The van der Waals surface area contributed by atoms with Gasteiger partial charge in [-0.05, 0) is 139 Å². The van der Waals surface area contributed by atoms with Crippen molar-refractivity contribution in [1.82, 2.24) is 0 Å². The first-order chi connectivity index (χ1) is 19.4. The summed E-state index contributed by atoms with van der Waals surface area (Å²) >= 11 is 0. The summed E-state index contributed by atoms with van der Waals surface area (Å²) in [5.74, 6) is 3.74. The second-order valence-electron chi connectivity index (χ2n) is 13.8. The minimum absolute atomic E-state index is 0.167. The average Bonchev–Trinajstić information content (AvgIpc) is 3.29. The number of nitrogens with two attached hydrogens (primary N) is 4. The van der Waals surface area contributed by atoms with E-state index >= 15 is 0 Å². The molecule has 8 N–H and O–H groups in total. The molecule has 7 heteroatoms. The molecular formula is C33H66N4O3. The lowest BCUT2D eigenvalue weighted by Crippen LogP contribution is -2.56. The molecule has 0 saturated heterocycles. The summed E-state index contributed by atoms with van der Waals surface area (Å²) in [4.78, 5) is 0. The molecule has 7 nitrogen and oxygen atoms in total. The second-order valence-corrected chi connectivity index (χ2v) is 13.8. The normalized spacial score (nSPS) is 37.6. The minimum Gasteiger partial charge on any atom is -0.378 e. The molecule has 0 aliphatic heterocycles. The van der Waals surface area contributed by atoms with Crippen molar-refractivity contribution >= 4 is 0 Å². The molecule has 0 amide bonds. The number of ether oxygens (including phenoxy) is 3. The molecule has 3 aliphatic rings. The fraction of sp³-hybridized carbons (Fsp3) is 1.00. The van der Waals surface area contributed by atoms with Crippen molar-refractivity contribution in [1.29, 1.82) is 0 Å². The molecule has 40 heavy (non-hydrogen) atoms. The average molecular weight is 567 g/mol. The Kier molecular flexibility index (Phi) is 15.2. The Morgan fingerprint density at radius 2 is 1.40 bits per heavy atom. The van der Waals surface area contributed by atoms with Gasteiger partial charge in [0, 0.05) is 25.2 Å². The lowest BCUT2D eigenvalue weighted by Gasteiger charge is -2.56. The monoisotopic (exact) mass is 567 g/mol. The Balaban J connectivity index is 1.91. The third kappa shape index (κ3) is 8.87. The predicted octanol–water partition coefficient (Wildman–Crippen LogP) is 4.83. The van der Waals surface area contributed by atoms with Crippen molar-refractivity contribution in [3.63, 3.8) is 0 Å². The van der Waals surface area contributed by atoms with Crippen LogP contribution in [-0.4, -0.2) is 64.3 Å². The Morgan fingerprint density at radius 1 is 0.750 bits per heavy atom. The van der Waals surface area contributed by atoms with Crippen molar-refractivity contribution in [3.05, 3.63) is 0 Å². The van der Waals surface area contributed by atoms with E-state index in [-0.39, 0.29) is 11.5 Å². The summed E-state index contributed by atoms with van der Waals surface area (Å²) in [5.41, 5.74) is 23.7. The maximum Gasteiger partial charge on any atom is 0.0636 e. The van der Waals surface area contributed by atoms with Crippen LogP contribution < -0.4 is 22.9 Å². The molecular weight excluding hydrogens is 500 g/mol. The van der Waals surface area contributed by atoms with Crippen molar-refractivity contribution in [2.45, 2.75) is 123 Å². The molecule has 236 valence electrons. The fourth-order valence-corrected chi connectivity index (χ4v) is 9.13. The predicted molar refractivity (Wildman–Crippen MR) is 166 cm³/mol. The third-order valence-corrected chi connectivity index (χ3v) is 11.0. The summed E-state index contributed by atoms with van der Waals surface area (Å²) in [7, 11) is 0. The van der Waals surface area contributed by atoms with Gasteiger partial charge in [0.2, 0.25) is 0 Å². The smallest absolute Gasteiger partial charge is 0.0636 e. The van der Waals surface area contributed by atoms with E-state index in [4.69, 9.17) is 37.1 Å². The Bertz CT molecular complexity index is 684. The summed E-state index contributed by atoms with van der Waals surface area (Å²) in [6.45, 7) is 12.7. The highest BCUT2D eigenvalue weighted by Gasteiger charge is 2.61. The van der Waals surface area contributed by atoms with E-state index in [9.17, 15) is 0 Å². The van der Waals surface area contributed by atoms with Crippen LogP contribution in [0.3, 0.4) is 0 Å². The zero-order valence-electron chi connectivity index (χ0n) is 26.4. The van der Waals surface area contributed by atoms with E-state index in [1.54, 1.807) is 0 Å². The van der Waals surface area contributed by atoms with Gasteiger partial charge >= 0.3 is 0 Å². The van der Waals surface area contributed by atoms with Gasteiger partial charge in [-0.15, -0.1) is 0 Å². The van der Waals surface area contributed by atoms with Crippen molar-refractivity contribution in [2.24, 2.45) is 63.9 Å². The maximum atomic E-state index is 6.87. The van der Waals surface area contributed by atoms with Crippen LogP contribution in [0.4, 0.5) is 0 Å². The molecule has 0 aromatic rings. The minimum atomic E-state index is 0.167.